The lowest BCUT2D eigenvalue weighted by Crippen LogP contribution is -2.42. The highest BCUT2D eigenvalue weighted by atomic mass is 32.1. The van der Waals surface area contributed by atoms with Crippen LogP contribution in [0.1, 0.15) is 30.7 Å². The van der Waals surface area contributed by atoms with E-state index in [1.807, 2.05) is 11.3 Å². The zero-order valence-electron chi connectivity index (χ0n) is 17.8. The zero-order chi connectivity index (χ0) is 20.2. The number of thiophene rings is 1. The SMILES string of the molecule is CCNC(=NCC(c1cccs1)N1CCOCC1)NCCCCN1CCOCC1. The van der Waals surface area contributed by atoms with Crippen LogP contribution in [0.3, 0.4) is 0 Å². The van der Waals surface area contributed by atoms with Crippen LogP contribution in [0, 0.1) is 0 Å². The lowest BCUT2D eigenvalue weighted by Gasteiger charge is -2.33. The van der Waals surface area contributed by atoms with E-state index in [-0.39, 0.29) is 0 Å². The second-order valence-electron chi connectivity index (χ2n) is 7.49. The van der Waals surface area contributed by atoms with E-state index in [4.69, 9.17) is 14.5 Å². The standard InChI is InChI=1S/C21H37N5O2S/c1-2-22-21(23-7-3-4-8-25-9-13-27-14-10-25)24-18-19(20-6-5-17-29-20)26-11-15-28-16-12-26/h5-6,17,19H,2-4,7-16,18H2,1H3,(H2,22,23,24). The molecule has 0 bridgehead atoms. The van der Waals surface area contributed by atoms with Crippen molar-refractivity contribution in [2.75, 3.05) is 78.8 Å². The summed E-state index contributed by atoms with van der Waals surface area (Å²) in [6, 6.07) is 4.69. The van der Waals surface area contributed by atoms with Crippen LogP contribution in [0.2, 0.25) is 0 Å². The van der Waals surface area contributed by atoms with Crippen molar-refractivity contribution in [2.24, 2.45) is 4.99 Å². The normalized spacial score (nSPS) is 20.5. The van der Waals surface area contributed by atoms with Crippen LogP contribution in [0.5, 0.6) is 0 Å². The fourth-order valence-electron chi connectivity index (χ4n) is 3.77. The average molecular weight is 424 g/mol. The average Bonchev–Trinajstić information content (AvgIpc) is 3.29. The second-order valence-corrected chi connectivity index (χ2v) is 8.47. The highest BCUT2D eigenvalue weighted by molar-refractivity contribution is 7.10. The van der Waals surface area contributed by atoms with Gasteiger partial charge in [-0.2, -0.15) is 0 Å². The van der Waals surface area contributed by atoms with Crippen molar-refractivity contribution in [3.8, 4) is 0 Å². The Labute approximate surface area is 179 Å². The van der Waals surface area contributed by atoms with Gasteiger partial charge in [-0.15, -0.1) is 11.3 Å². The number of aliphatic imine (C=N–C) groups is 1. The molecule has 0 spiro atoms. The van der Waals surface area contributed by atoms with Crippen molar-refractivity contribution in [1.29, 1.82) is 0 Å². The van der Waals surface area contributed by atoms with Gasteiger partial charge in [0.2, 0.25) is 0 Å². The number of ether oxygens (including phenoxy) is 2. The van der Waals surface area contributed by atoms with Crippen LogP contribution < -0.4 is 10.6 Å². The molecule has 2 aliphatic rings. The fourth-order valence-corrected chi connectivity index (χ4v) is 4.62. The summed E-state index contributed by atoms with van der Waals surface area (Å²) in [5, 5.41) is 9.07. The second kappa shape index (κ2) is 13.2. The minimum Gasteiger partial charge on any atom is -0.379 e. The van der Waals surface area contributed by atoms with Gasteiger partial charge in [0.05, 0.1) is 39.0 Å². The summed E-state index contributed by atoms with van der Waals surface area (Å²) in [6.45, 7) is 13.4. The first-order valence-electron chi connectivity index (χ1n) is 11.0. The van der Waals surface area contributed by atoms with Crippen LogP contribution in [-0.4, -0.2) is 94.5 Å². The Morgan fingerprint density at radius 2 is 1.86 bits per heavy atom. The lowest BCUT2D eigenvalue weighted by atomic mass is 10.2. The molecule has 1 atom stereocenters. The van der Waals surface area contributed by atoms with Crippen LogP contribution >= 0.6 is 11.3 Å². The number of morpholine rings is 2. The topological polar surface area (TPSA) is 61.4 Å². The predicted octanol–water partition coefficient (Wildman–Crippen LogP) is 1.79. The quantitative estimate of drug-likeness (QED) is 0.340. The molecule has 0 saturated carbocycles. The molecule has 0 amide bonds. The maximum absolute atomic E-state index is 5.54. The molecule has 0 aromatic carbocycles. The Morgan fingerprint density at radius 1 is 1.10 bits per heavy atom. The molecule has 3 heterocycles. The monoisotopic (exact) mass is 423 g/mol. The zero-order valence-corrected chi connectivity index (χ0v) is 18.6. The molecular formula is C21H37N5O2S. The van der Waals surface area contributed by atoms with Gasteiger partial charge < -0.3 is 20.1 Å². The third kappa shape index (κ3) is 7.86. The van der Waals surface area contributed by atoms with Gasteiger partial charge in [0, 0.05) is 44.1 Å². The van der Waals surface area contributed by atoms with Crippen LogP contribution in [-0.2, 0) is 9.47 Å². The van der Waals surface area contributed by atoms with Gasteiger partial charge in [-0.05, 0) is 37.8 Å². The number of guanidine groups is 1. The van der Waals surface area contributed by atoms with E-state index < -0.39 is 0 Å². The molecule has 1 unspecified atom stereocenters. The lowest BCUT2D eigenvalue weighted by molar-refractivity contribution is 0.0186. The largest absolute Gasteiger partial charge is 0.379 e. The minimum absolute atomic E-state index is 0.329. The Hall–Kier alpha value is -1.19. The maximum atomic E-state index is 5.54. The molecule has 2 N–H and O–H groups in total. The summed E-state index contributed by atoms with van der Waals surface area (Å²) in [5.74, 6) is 0.925. The maximum Gasteiger partial charge on any atom is 0.191 e. The van der Waals surface area contributed by atoms with Crippen molar-refractivity contribution in [3.63, 3.8) is 0 Å². The number of rotatable bonds is 10. The first-order chi connectivity index (χ1) is 14.4. The summed E-state index contributed by atoms with van der Waals surface area (Å²) >= 11 is 1.82. The molecule has 164 valence electrons. The first-order valence-corrected chi connectivity index (χ1v) is 11.9. The molecular weight excluding hydrogens is 386 g/mol. The van der Waals surface area contributed by atoms with E-state index in [0.29, 0.717) is 6.04 Å². The smallest absolute Gasteiger partial charge is 0.191 e. The third-order valence-electron chi connectivity index (χ3n) is 5.42. The molecule has 1 aromatic heterocycles. The molecule has 2 fully saturated rings. The van der Waals surface area contributed by atoms with Crippen molar-refractivity contribution >= 4 is 17.3 Å². The number of unbranched alkanes of at least 4 members (excludes halogenated alkanes) is 1. The van der Waals surface area contributed by atoms with Gasteiger partial charge >= 0.3 is 0 Å². The number of nitrogens with one attached hydrogen (secondary N) is 2. The minimum atomic E-state index is 0.329. The number of hydrogen-bond donors (Lipinski definition) is 2. The van der Waals surface area contributed by atoms with E-state index >= 15 is 0 Å². The molecule has 7 nitrogen and oxygen atoms in total. The van der Waals surface area contributed by atoms with Crippen molar-refractivity contribution < 1.29 is 9.47 Å². The van der Waals surface area contributed by atoms with Gasteiger partial charge in [0.1, 0.15) is 0 Å². The third-order valence-corrected chi connectivity index (χ3v) is 6.40. The van der Waals surface area contributed by atoms with Gasteiger partial charge in [-0.25, -0.2) is 0 Å². The summed E-state index contributed by atoms with van der Waals surface area (Å²) in [7, 11) is 0. The summed E-state index contributed by atoms with van der Waals surface area (Å²) in [6.07, 6.45) is 2.36. The van der Waals surface area contributed by atoms with Crippen LogP contribution in [0.4, 0.5) is 0 Å². The van der Waals surface area contributed by atoms with Gasteiger partial charge in [0.25, 0.3) is 0 Å². The van der Waals surface area contributed by atoms with E-state index in [1.54, 1.807) is 0 Å². The summed E-state index contributed by atoms with van der Waals surface area (Å²) in [5.41, 5.74) is 0. The first kappa shape index (κ1) is 22.5. The van der Waals surface area contributed by atoms with Crippen LogP contribution in [0.25, 0.3) is 0 Å². The van der Waals surface area contributed by atoms with Gasteiger partial charge in [-0.3, -0.25) is 14.8 Å². The van der Waals surface area contributed by atoms with Crippen LogP contribution in [0.15, 0.2) is 22.5 Å². The highest BCUT2D eigenvalue weighted by Crippen LogP contribution is 2.26. The van der Waals surface area contributed by atoms with E-state index in [0.717, 1.165) is 91.2 Å². The molecule has 8 heteroatoms. The molecule has 2 aliphatic heterocycles. The van der Waals surface area contributed by atoms with E-state index in [1.165, 1.54) is 11.3 Å². The number of nitrogens with zero attached hydrogens (tertiary/aromatic N) is 3. The summed E-state index contributed by atoms with van der Waals surface area (Å²) in [4.78, 5) is 11.3. The predicted molar refractivity (Wildman–Crippen MR) is 120 cm³/mol. The molecule has 0 aliphatic carbocycles. The van der Waals surface area contributed by atoms with Gasteiger partial charge in [-0.1, -0.05) is 6.07 Å². The molecule has 3 rings (SSSR count). The number of hydrogen-bond acceptors (Lipinski definition) is 6. The Morgan fingerprint density at radius 3 is 2.55 bits per heavy atom. The van der Waals surface area contributed by atoms with E-state index in [2.05, 4.69) is 44.9 Å². The summed E-state index contributed by atoms with van der Waals surface area (Å²) < 4.78 is 11.0. The Kier molecular flexibility index (Phi) is 10.2. The molecule has 2 saturated heterocycles. The fraction of sp³-hybridized carbons (Fsp3) is 0.762. The highest BCUT2D eigenvalue weighted by Gasteiger charge is 2.23. The molecule has 29 heavy (non-hydrogen) atoms. The Balaban J connectivity index is 1.45. The van der Waals surface area contributed by atoms with E-state index in [9.17, 15) is 0 Å². The van der Waals surface area contributed by atoms with Gasteiger partial charge in [0.15, 0.2) is 5.96 Å². The Bertz CT molecular complexity index is 572. The van der Waals surface area contributed by atoms with Crippen molar-refractivity contribution in [1.82, 2.24) is 20.4 Å². The van der Waals surface area contributed by atoms with Crippen molar-refractivity contribution in [2.45, 2.75) is 25.8 Å². The molecule has 1 aromatic rings. The van der Waals surface area contributed by atoms with Crippen molar-refractivity contribution in [3.05, 3.63) is 22.4 Å². The molecule has 0 radical (unpaired) electrons.